The van der Waals surface area contributed by atoms with Gasteiger partial charge in [-0.2, -0.15) is 0 Å². The molecule has 0 spiro atoms. The van der Waals surface area contributed by atoms with Crippen molar-refractivity contribution >= 4 is 29.1 Å². The van der Waals surface area contributed by atoms with Crippen LogP contribution in [0, 0.1) is 13.8 Å². The fourth-order valence-electron chi connectivity index (χ4n) is 2.63. The molecular formula is C20H23ClN2O2. The molecule has 2 aromatic carbocycles. The number of halogens is 1. The average Bonchev–Trinajstić information content (AvgIpc) is 2.56. The molecule has 0 radical (unpaired) electrons. The van der Waals surface area contributed by atoms with E-state index in [-0.39, 0.29) is 18.4 Å². The predicted octanol–water partition coefficient (Wildman–Crippen LogP) is 3.99. The van der Waals surface area contributed by atoms with Crippen molar-refractivity contribution in [3.63, 3.8) is 0 Å². The van der Waals surface area contributed by atoms with Gasteiger partial charge in [-0.05, 0) is 49.1 Å². The summed E-state index contributed by atoms with van der Waals surface area (Å²) in [7, 11) is 1.64. The number of carbonyl (C=O) groups is 2. The lowest BCUT2D eigenvalue weighted by molar-refractivity contribution is -0.133. The van der Waals surface area contributed by atoms with Gasteiger partial charge >= 0.3 is 0 Å². The maximum Gasteiger partial charge on any atom is 0.243 e. The molecule has 25 heavy (non-hydrogen) atoms. The van der Waals surface area contributed by atoms with E-state index in [4.69, 9.17) is 11.6 Å². The molecule has 0 unspecified atom stereocenters. The molecule has 4 nitrogen and oxygen atoms in total. The summed E-state index contributed by atoms with van der Waals surface area (Å²) in [5.41, 5.74) is 3.83. The first-order valence-corrected chi connectivity index (χ1v) is 8.59. The Bertz CT molecular complexity index is 754. The minimum absolute atomic E-state index is 0.0299. The Morgan fingerprint density at radius 1 is 1.08 bits per heavy atom. The lowest BCUT2D eigenvalue weighted by Crippen LogP contribution is -2.35. The fraction of sp³-hybridized carbons (Fsp3) is 0.300. The van der Waals surface area contributed by atoms with Gasteiger partial charge in [0.2, 0.25) is 11.8 Å². The molecule has 0 bridgehead atoms. The lowest BCUT2D eigenvalue weighted by Gasteiger charge is -2.18. The third kappa shape index (κ3) is 5.61. The topological polar surface area (TPSA) is 49.4 Å². The van der Waals surface area contributed by atoms with Crippen LogP contribution in [0.3, 0.4) is 0 Å². The highest BCUT2D eigenvalue weighted by Crippen LogP contribution is 2.19. The van der Waals surface area contributed by atoms with Crippen LogP contribution in [-0.4, -0.2) is 30.3 Å². The Morgan fingerprint density at radius 2 is 1.72 bits per heavy atom. The summed E-state index contributed by atoms with van der Waals surface area (Å²) in [5, 5.41) is 3.55. The molecule has 0 aromatic heterocycles. The van der Waals surface area contributed by atoms with Gasteiger partial charge in [0.15, 0.2) is 0 Å². The summed E-state index contributed by atoms with van der Waals surface area (Å²) in [5.74, 6) is -0.271. The first kappa shape index (κ1) is 19.0. The number of nitrogens with one attached hydrogen (secondary N) is 1. The van der Waals surface area contributed by atoms with E-state index in [0.717, 1.165) is 22.4 Å². The molecule has 0 saturated heterocycles. The van der Waals surface area contributed by atoms with E-state index in [0.29, 0.717) is 17.9 Å². The van der Waals surface area contributed by atoms with E-state index in [1.807, 2.05) is 50.2 Å². The number of hydrogen-bond donors (Lipinski definition) is 1. The van der Waals surface area contributed by atoms with Gasteiger partial charge in [-0.25, -0.2) is 0 Å². The van der Waals surface area contributed by atoms with E-state index in [2.05, 4.69) is 5.32 Å². The van der Waals surface area contributed by atoms with Gasteiger partial charge < -0.3 is 10.2 Å². The van der Waals surface area contributed by atoms with Crippen LogP contribution >= 0.6 is 11.6 Å². The molecule has 2 amide bonds. The van der Waals surface area contributed by atoms with Gasteiger partial charge in [0.05, 0.1) is 6.54 Å². The van der Waals surface area contributed by atoms with Crippen molar-refractivity contribution in [1.29, 1.82) is 0 Å². The van der Waals surface area contributed by atoms with E-state index in [1.54, 1.807) is 13.1 Å². The number of para-hydroxylation sites is 1. The van der Waals surface area contributed by atoms with Gasteiger partial charge in [-0.15, -0.1) is 0 Å². The summed E-state index contributed by atoms with van der Waals surface area (Å²) in [6.45, 7) is 3.92. The van der Waals surface area contributed by atoms with Crippen LogP contribution < -0.4 is 5.32 Å². The van der Waals surface area contributed by atoms with E-state index < -0.39 is 0 Å². The van der Waals surface area contributed by atoms with Crippen molar-refractivity contribution in [3.8, 4) is 0 Å². The molecule has 2 rings (SSSR count). The number of likely N-dealkylation sites (N-methyl/N-ethyl adjacent to an activating group) is 1. The van der Waals surface area contributed by atoms with E-state index in [1.165, 1.54) is 4.90 Å². The first-order valence-electron chi connectivity index (χ1n) is 8.21. The highest BCUT2D eigenvalue weighted by Gasteiger charge is 2.14. The van der Waals surface area contributed by atoms with Crippen molar-refractivity contribution in [2.45, 2.75) is 26.7 Å². The molecule has 0 atom stereocenters. The lowest BCUT2D eigenvalue weighted by atomic mass is 10.1. The Morgan fingerprint density at radius 3 is 2.36 bits per heavy atom. The maximum absolute atomic E-state index is 12.2. The predicted molar refractivity (Wildman–Crippen MR) is 102 cm³/mol. The number of benzene rings is 2. The van der Waals surface area contributed by atoms with Crippen LogP contribution in [0.25, 0.3) is 0 Å². The van der Waals surface area contributed by atoms with Crippen molar-refractivity contribution in [3.05, 3.63) is 64.2 Å². The quantitative estimate of drug-likeness (QED) is 0.848. The Kier molecular flexibility index (Phi) is 6.59. The molecule has 0 aliphatic heterocycles. The van der Waals surface area contributed by atoms with Crippen molar-refractivity contribution < 1.29 is 9.59 Å². The van der Waals surface area contributed by atoms with Crippen LogP contribution in [0.5, 0.6) is 0 Å². The van der Waals surface area contributed by atoms with E-state index in [9.17, 15) is 9.59 Å². The maximum atomic E-state index is 12.2. The number of carbonyl (C=O) groups excluding carboxylic acids is 2. The summed E-state index contributed by atoms with van der Waals surface area (Å²) in [6, 6.07) is 13.3. The second kappa shape index (κ2) is 8.67. The summed E-state index contributed by atoms with van der Waals surface area (Å²) in [6.07, 6.45) is 0.940. The Hall–Kier alpha value is -2.33. The first-order chi connectivity index (χ1) is 11.9. The third-order valence-corrected chi connectivity index (χ3v) is 4.30. The molecule has 0 aliphatic rings. The molecule has 0 heterocycles. The van der Waals surface area contributed by atoms with Crippen molar-refractivity contribution in [2.75, 3.05) is 18.9 Å². The zero-order valence-corrected chi connectivity index (χ0v) is 15.6. The van der Waals surface area contributed by atoms with Crippen LogP contribution in [0.1, 0.15) is 23.1 Å². The standard InChI is InChI=1S/C20H23ClN2O2/c1-14-6-4-7-15(2)20(14)22-18(24)13-23(3)19(25)11-10-16-8-5-9-17(21)12-16/h4-9,12H,10-11,13H2,1-3H3,(H,22,24). The van der Waals surface area contributed by atoms with Gasteiger partial charge in [-0.3, -0.25) is 9.59 Å². The molecule has 0 saturated carbocycles. The second-order valence-electron chi connectivity index (χ2n) is 6.19. The third-order valence-electron chi connectivity index (χ3n) is 4.07. The van der Waals surface area contributed by atoms with Crippen LogP contribution in [0.2, 0.25) is 5.02 Å². The largest absolute Gasteiger partial charge is 0.336 e. The van der Waals surface area contributed by atoms with Gasteiger partial charge in [0.25, 0.3) is 0 Å². The number of amides is 2. The van der Waals surface area contributed by atoms with Crippen molar-refractivity contribution in [1.82, 2.24) is 4.90 Å². The number of anilines is 1. The molecule has 132 valence electrons. The fourth-order valence-corrected chi connectivity index (χ4v) is 2.84. The van der Waals surface area contributed by atoms with Gasteiger partial charge in [0.1, 0.15) is 0 Å². The zero-order valence-electron chi connectivity index (χ0n) is 14.8. The van der Waals surface area contributed by atoms with Crippen LogP contribution in [0.4, 0.5) is 5.69 Å². The molecule has 2 aromatic rings. The average molecular weight is 359 g/mol. The second-order valence-corrected chi connectivity index (χ2v) is 6.63. The summed E-state index contributed by atoms with van der Waals surface area (Å²) >= 11 is 5.95. The molecule has 0 fully saturated rings. The molecule has 1 N–H and O–H groups in total. The number of aryl methyl sites for hydroxylation is 3. The SMILES string of the molecule is Cc1cccc(C)c1NC(=O)CN(C)C(=O)CCc1cccc(Cl)c1. The minimum atomic E-state index is -0.198. The normalized spacial score (nSPS) is 10.4. The van der Waals surface area contributed by atoms with Crippen molar-refractivity contribution in [2.24, 2.45) is 0 Å². The summed E-state index contributed by atoms with van der Waals surface area (Å²) < 4.78 is 0. The highest BCUT2D eigenvalue weighted by atomic mass is 35.5. The van der Waals surface area contributed by atoms with Gasteiger partial charge in [-0.1, -0.05) is 41.9 Å². The summed E-state index contributed by atoms with van der Waals surface area (Å²) in [4.78, 5) is 25.9. The number of rotatable bonds is 6. The number of hydrogen-bond acceptors (Lipinski definition) is 2. The zero-order chi connectivity index (χ0) is 18.4. The smallest absolute Gasteiger partial charge is 0.243 e. The minimum Gasteiger partial charge on any atom is -0.336 e. The number of nitrogens with zero attached hydrogens (tertiary/aromatic N) is 1. The van der Waals surface area contributed by atoms with Crippen LogP contribution in [0.15, 0.2) is 42.5 Å². The Labute approximate surface area is 153 Å². The molecular weight excluding hydrogens is 336 g/mol. The van der Waals surface area contributed by atoms with Crippen LogP contribution in [-0.2, 0) is 16.0 Å². The monoisotopic (exact) mass is 358 g/mol. The van der Waals surface area contributed by atoms with E-state index >= 15 is 0 Å². The Balaban J connectivity index is 1.87. The molecule has 0 aliphatic carbocycles. The van der Waals surface area contributed by atoms with Gasteiger partial charge in [0, 0.05) is 24.2 Å². The highest BCUT2D eigenvalue weighted by molar-refractivity contribution is 6.30. The molecule has 5 heteroatoms.